The Morgan fingerprint density at radius 2 is 2.36 bits per heavy atom. The largest absolute Gasteiger partial charge is 0.491 e. The van der Waals surface area contributed by atoms with Gasteiger partial charge in [0.15, 0.2) is 6.29 Å². The predicted octanol–water partition coefficient (Wildman–Crippen LogP) is 0.748. The molecule has 0 atom stereocenters. The number of carboxylic acids is 1. The SMILES string of the molecule is O=Cc1ccc(OCCC(=O)O)cn1. The molecule has 5 nitrogen and oxygen atoms in total. The molecule has 0 amide bonds. The maximum atomic E-state index is 10.2. The number of aldehydes is 1. The average Bonchev–Trinajstić information content (AvgIpc) is 2.18. The molecule has 0 aliphatic rings. The third kappa shape index (κ3) is 3.22. The number of carboxylic acid groups (broad SMARTS) is 1. The molecule has 0 saturated heterocycles. The minimum atomic E-state index is -0.914. The molecule has 1 heterocycles. The normalized spacial score (nSPS) is 9.43. The first kappa shape index (κ1) is 10.2. The van der Waals surface area contributed by atoms with Crippen molar-refractivity contribution in [2.75, 3.05) is 6.61 Å². The molecule has 0 spiro atoms. The number of rotatable bonds is 5. The van der Waals surface area contributed by atoms with Crippen LogP contribution in [-0.4, -0.2) is 29.0 Å². The Morgan fingerprint density at radius 3 is 2.86 bits per heavy atom. The fourth-order valence-corrected chi connectivity index (χ4v) is 0.803. The summed E-state index contributed by atoms with van der Waals surface area (Å²) < 4.78 is 5.06. The summed E-state index contributed by atoms with van der Waals surface area (Å²) in [4.78, 5) is 24.1. The van der Waals surface area contributed by atoms with E-state index in [0.717, 1.165) is 0 Å². The number of pyridine rings is 1. The molecule has 5 heteroatoms. The van der Waals surface area contributed by atoms with Gasteiger partial charge in [0, 0.05) is 0 Å². The lowest BCUT2D eigenvalue weighted by Gasteiger charge is -2.02. The predicted molar refractivity (Wildman–Crippen MR) is 47.4 cm³/mol. The smallest absolute Gasteiger partial charge is 0.306 e. The monoisotopic (exact) mass is 195 g/mol. The van der Waals surface area contributed by atoms with Crippen LogP contribution in [0.4, 0.5) is 0 Å². The molecule has 0 bridgehead atoms. The van der Waals surface area contributed by atoms with Gasteiger partial charge in [-0.05, 0) is 12.1 Å². The van der Waals surface area contributed by atoms with Crippen LogP contribution in [-0.2, 0) is 4.79 Å². The van der Waals surface area contributed by atoms with Crippen molar-refractivity contribution in [3.8, 4) is 5.75 Å². The highest BCUT2D eigenvalue weighted by atomic mass is 16.5. The van der Waals surface area contributed by atoms with Gasteiger partial charge in [-0.15, -0.1) is 0 Å². The molecule has 0 unspecified atom stereocenters. The maximum Gasteiger partial charge on any atom is 0.306 e. The van der Waals surface area contributed by atoms with E-state index in [0.29, 0.717) is 17.7 Å². The molecule has 1 N–H and O–H groups in total. The quantitative estimate of drug-likeness (QED) is 0.701. The maximum absolute atomic E-state index is 10.2. The lowest BCUT2D eigenvalue weighted by atomic mass is 10.3. The van der Waals surface area contributed by atoms with Crippen molar-refractivity contribution >= 4 is 12.3 Å². The van der Waals surface area contributed by atoms with Gasteiger partial charge in [0.25, 0.3) is 0 Å². The fraction of sp³-hybridized carbons (Fsp3) is 0.222. The number of hydrogen-bond acceptors (Lipinski definition) is 4. The zero-order chi connectivity index (χ0) is 10.4. The van der Waals surface area contributed by atoms with Crippen LogP contribution in [0.25, 0.3) is 0 Å². The fourth-order valence-electron chi connectivity index (χ4n) is 0.803. The van der Waals surface area contributed by atoms with Gasteiger partial charge in [-0.3, -0.25) is 9.59 Å². The summed E-state index contributed by atoms with van der Waals surface area (Å²) in [5.74, 6) is -0.459. The first-order valence-electron chi connectivity index (χ1n) is 3.98. The van der Waals surface area contributed by atoms with E-state index in [1.54, 1.807) is 6.07 Å². The summed E-state index contributed by atoms with van der Waals surface area (Å²) in [5.41, 5.74) is 0.315. The summed E-state index contributed by atoms with van der Waals surface area (Å²) >= 11 is 0. The van der Waals surface area contributed by atoms with Gasteiger partial charge in [-0.2, -0.15) is 0 Å². The molecule has 14 heavy (non-hydrogen) atoms. The Balaban J connectivity index is 2.43. The lowest BCUT2D eigenvalue weighted by molar-refractivity contribution is -0.137. The first-order valence-corrected chi connectivity index (χ1v) is 3.98. The van der Waals surface area contributed by atoms with E-state index in [2.05, 4.69) is 4.98 Å². The lowest BCUT2D eigenvalue weighted by Crippen LogP contribution is -2.05. The van der Waals surface area contributed by atoms with Crippen molar-refractivity contribution in [2.24, 2.45) is 0 Å². The molecule has 1 aromatic rings. The second-order valence-corrected chi connectivity index (χ2v) is 2.53. The number of hydrogen-bond donors (Lipinski definition) is 1. The highest BCUT2D eigenvalue weighted by molar-refractivity contribution is 5.71. The molecule has 1 rings (SSSR count). The second-order valence-electron chi connectivity index (χ2n) is 2.53. The van der Waals surface area contributed by atoms with E-state index in [1.807, 2.05) is 0 Å². The summed E-state index contributed by atoms with van der Waals surface area (Å²) in [7, 11) is 0. The van der Waals surface area contributed by atoms with Crippen molar-refractivity contribution in [3.63, 3.8) is 0 Å². The summed E-state index contributed by atoms with van der Waals surface area (Å²) in [6, 6.07) is 3.07. The van der Waals surface area contributed by atoms with E-state index < -0.39 is 5.97 Å². The van der Waals surface area contributed by atoms with Crippen LogP contribution in [0, 0.1) is 0 Å². The van der Waals surface area contributed by atoms with E-state index in [4.69, 9.17) is 9.84 Å². The van der Waals surface area contributed by atoms with Crippen molar-refractivity contribution in [3.05, 3.63) is 24.0 Å². The molecule has 0 aliphatic carbocycles. The first-order chi connectivity index (χ1) is 6.72. The second kappa shape index (κ2) is 4.96. The van der Waals surface area contributed by atoms with E-state index in [-0.39, 0.29) is 13.0 Å². The minimum absolute atomic E-state index is 0.0601. The molecule has 0 aliphatic heterocycles. The van der Waals surface area contributed by atoms with Crippen molar-refractivity contribution in [1.82, 2.24) is 4.98 Å². The molecule has 0 radical (unpaired) electrons. The van der Waals surface area contributed by atoms with E-state index in [1.165, 1.54) is 12.3 Å². The van der Waals surface area contributed by atoms with Crippen LogP contribution in [0.1, 0.15) is 16.9 Å². The molecular weight excluding hydrogens is 186 g/mol. The van der Waals surface area contributed by atoms with Gasteiger partial charge < -0.3 is 9.84 Å². The van der Waals surface area contributed by atoms with Gasteiger partial charge in [0.2, 0.25) is 0 Å². The summed E-state index contributed by atoms with van der Waals surface area (Å²) in [6.07, 6.45) is 1.95. The van der Waals surface area contributed by atoms with Crippen LogP contribution < -0.4 is 4.74 Å². The van der Waals surface area contributed by atoms with Gasteiger partial charge >= 0.3 is 5.97 Å². The van der Waals surface area contributed by atoms with Gasteiger partial charge in [-0.1, -0.05) is 0 Å². The van der Waals surface area contributed by atoms with Crippen LogP contribution in [0.3, 0.4) is 0 Å². The molecule has 0 saturated carbocycles. The Labute approximate surface area is 80.3 Å². The number of aliphatic carboxylic acids is 1. The van der Waals surface area contributed by atoms with E-state index >= 15 is 0 Å². The number of carbonyl (C=O) groups excluding carboxylic acids is 1. The average molecular weight is 195 g/mol. The topological polar surface area (TPSA) is 76.5 Å². The molecule has 74 valence electrons. The van der Waals surface area contributed by atoms with Gasteiger partial charge in [0.05, 0.1) is 19.2 Å². The summed E-state index contributed by atoms with van der Waals surface area (Å²) in [5, 5.41) is 8.33. The zero-order valence-corrected chi connectivity index (χ0v) is 7.34. The van der Waals surface area contributed by atoms with Crippen LogP contribution in [0.2, 0.25) is 0 Å². The highest BCUT2D eigenvalue weighted by Crippen LogP contribution is 2.08. The number of aromatic nitrogens is 1. The number of nitrogens with zero attached hydrogens (tertiary/aromatic N) is 1. The van der Waals surface area contributed by atoms with Gasteiger partial charge in [-0.25, -0.2) is 4.98 Å². The van der Waals surface area contributed by atoms with Crippen molar-refractivity contribution in [1.29, 1.82) is 0 Å². The molecule has 0 fully saturated rings. The minimum Gasteiger partial charge on any atom is -0.491 e. The molecule has 1 aromatic heterocycles. The highest BCUT2D eigenvalue weighted by Gasteiger charge is 1.98. The zero-order valence-electron chi connectivity index (χ0n) is 7.34. The third-order valence-electron chi connectivity index (χ3n) is 1.46. The number of ether oxygens (including phenoxy) is 1. The Kier molecular flexibility index (Phi) is 3.60. The summed E-state index contributed by atoms with van der Waals surface area (Å²) in [6.45, 7) is 0.0947. The standard InChI is InChI=1S/C9H9NO4/c11-6-7-1-2-8(5-10-7)14-4-3-9(12)13/h1-2,5-6H,3-4H2,(H,12,13). The molecular formula is C9H9NO4. The van der Waals surface area contributed by atoms with Crippen LogP contribution in [0.5, 0.6) is 5.75 Å². The molecule has 0 aromatic carbocycles. The number of carbonyl (C=O) groups is 2. The van der Waals surface area contributed by atoms with Crippen LogP contribution >= 0.6 is 0 Å². The Morgan fingerprint density at radius 1 is 1.57 bits per heavy atom. The third-order valence-corrected chi connectivity index (χ3v) is 1.46. The Bertz CT molecular complexity index is 320. The van der Waals surface area contributed by atoms with Gasteiger partial charge in [0.1, 0.15) is 11.4 Å². The Hall–Kier alpha value is -1.91. The van der Waals surface area contributed by atoms with Crippen molar-refractivity contribution < 1.29 is 19.4 Å². The van der Waals surface area contributed by atoms with Crippen molar-refractivity contribution in [2.45, 2.75) is 6.42 Å². The van der Waals surface area contributed by atoms with E-state index in [9.17, 15) is 9.59 Å². The van der Waals surface area contributed by atoms with Crippen LogP contribution in [0.15, 0.2) is 18.3 Å².